The molecule has 0 spiro atoms. The van der Waals surface area contributed by atoms with Crippen molar-refractivity contribution in [2.24, 2.45) is 0 Å². The predicted octanol–water partition coefficient (Wildman–Crippen LogP) is 2.74. The van der Waals surface area contributed by atoms with Crippen LogP contribution in [0.1, 0.15) is 29.3 Å². The molecule has 64 valence electrons. The Hall–Kier alpha value is -0.760. The molecule has 1 rings (SSSR count). The van der Waals surface area contributed by atoms with Gasteiger partial charge in [0.2, 0.25) is 0 Å². The summed E-state index contributed by atoms with van der Waals surface area (Å²) in [4.78, 5) is 11.2. The lowest BCUT2D eigenvalue weighted by Gasteiger charge is -2.01. The highest BCUT2D eigenvalue weighted by molar-refractivity contribution is 7.80. The first-order chi connectivity index (χ1) is 5.77. The van der Waals surface area contributed by atoms with Gasteiger partial charge in [-0.1, -0.05) is 25.5 Å². The van der Waals surface area contributed by atoms with Crippen molar-refractivity contribution in [2.75, 3.05) is 0 Å². The van der Waals surface area contributed by atoms with Crippen LogP contribution in [0.4, 0.5) is 0 Å². The van der Waals surface area contributed by atoms with Gasteiger partial charge in [-0.3, -0.25) is 4.79 Å². The summed E-state index contributed by atoms with van der Waals surface area (Å²) >= 11 is 4.21. The fraction of sp³-hybridized carbons (Fsp3) is 0.300. The molecule has 2 heteroatoms. The normalized spacial score (nSPS) is 9.83. The molecule has 0 aliphatic carbocycles. The van der Waals surface area contributed by atoms with Gasteiger partial charge in [-0.05, 0) is 18.1 Å². The van der Waals surface area contributed by atoms with Crippen LogP contribution in [-0.4, -0.2) is 6.29 Å². The molecule has 1 aromatic rings. The first kappa shape index (κ1) is 9.33. The van der Waals surface area contributed by atoms with Gasteiger partial charge < -0.3 is 0 Å². The second-order valence-corrected chi connectivity index (χ2v) is 3.24. The van der Waals surface area contributed by atoms with Crippen LogP contribution in [0.5, 0.6) is 0 Å². The Bertz CT molecular complexity index is 281. The highest BCUT2D eigenvalue weighted by Crippen LogP contribution is 2.15. The molecule has 0 saturated carbocycles. The van der Waals surface area contributed by atoms with Crippen LogP contribution in [0.25, 0.3) is 0 Å². The second-order valence-electron chi connectivity index (χ2n) is 2.76. The van der Waals surface area contributed by atoms with E-state index in [2.05, 4.69) is 19.6 Å². The molecule has 0 bridgehead atoms. The van der Waals surface area contributed by atoms with Crippen molar-refractivity contribution in [1.82, 2.24) is 0 Å². The minimum atomic E-state index is 0.665. The highest BCUT2D eigenvalue weighted by atomic mass is 32.1. The third-order valence-electron chi connectivity index (χ3n) is 1.76. The quantitative estimate of drug-likeness (QED) is 0.559. The molecular formula is C10H12OS. The fourth-order valence-electron chi connectivity index (χ4n) is 1.13. The van der Waals surface area contributed by atoms with Crippen molar-refractivity contribution in [3.05, 3.63) is 29.3 Å². The standard InChI is InChI=1S/C10H12OS/c1-2-3-8-4-5-9(7-11)10(12)6-8/h4-7,12H,2-3H2,1H3. The predicted molar refractivity (Wildman–Crippen MR) is 53.1 cm³/mol. The lowest BCUT2D eigenvalue weighted by atomic mass is 10.1. The topological polar surface area (TPSA) is 17.1 Å². The Morgan fingerprint density at radius 3 is 2.75 bits per heavy atom. The largest absolute Gasteiger partial charge is 0.298 e. The van der Waals surface area contributed by atoms with Crippen molar-refractivity contribution in [1.29, 1.82) is 0 Å². The van der Waals surface area contributed by atoms with Gasteiger partial charge in [0.15, 0.2) is 6.29 Å². The van der Waals surface area contributed by atoms with Gasteiger partial charge in [0, 0.05) is 10.5 Å². The molecule has 12 heavy (non-hydrogen) atoms. The van der Waals surface area contributed by atoms with Crippen LogP contribution in [0, 0.1) is 0 Å². The molecule has 0 heterocycles. The summed E-state index contributed by atoms with van der Waals surface area (Å²) in [5.41, 5.74) is 1.91. The molecule has 0 saturated heterocycles. The summed E-state index contributed by atoms with van der Waals surface area (Å²) in [6.45, 7) is 2.13. The summed E-state index contributed by atoms with van der Waals surface area (Å²) in [5, 5.41) is 0. The lowest BCUT2D eigenvalue weighted by molar-refractivity contribution is 0.112. The van der Waals surface area contributed by atoms with E-state index in [1.807, 2.05) is 18.2 Å². The van der Waals surface area contributed by atoms with Crippen molar-refractivity contribution >= 4 is 18.9 Å². The molecule has 0 unspecified atom stereocenters. The molecule has 0 amide bonds. The zero-order valence-corrected chi connectivity index (χ0v) is 7.97. The Labute approximate surface area is 78.2 Å². The summed E-state index contributed by atoms with van der Waals surface area (Å²) < 4.78 is 0. The average Bonchev–Trinajstić information content (AvgIpc) is 2.05. The lowest BCUT2D eigenvalue weighted by Crippen LogP contribution is -1.87. The van der Waals surface area contributed by atoms with Crippen molar-refractivity contribution < 1.29 is 4.79 Å². The van der Waals surface area contributed by atoms with Crippen molar-refractivity contribution in [2.45, 2.75) is 24.7 Å². The number of thiol groups is 1. The number of carbonyl (C=O) groups excluding carboxylic acids is 1. The Morgan fingerprint density at radius 2 is 2.25 bits per heavy atom. The monoisotopic (exact) mass is 180 g/mol. The first-order valence-electron chi connectivity index (χ1n) is 4.05. The molecule has 0 fully saturated rings. The van der Waals surface area contributed by atoms with Gasteiger partial charge in [-0.2, -0.15) is 0 Å². The fourth-order valence-corrected chi connectivity index (χ4v) is 1.43. The van der Waals surface area contributed by atoms with Gasteiger partial charge in [-0.15, -0.1) is 12.6 Å². The maximum absolute atomic E-state index is 10.4. The number of benzene rings is 1. The van der Waals surface area contributed by atoms with E-state index >= 15 is 0 Å². The minimum absolute atomic E-state index is 0.665. The van der Waals surface area contributed by atoms with Crippen molar-refractivity contribution in [3.63, 3.8) is 0 Å². The van der Waals surface area contributed by atoms with E-state index in [1.54, 1.807) is 0 Å². The van der Waals surface area contributed by atoms with Crippen LogP contribution in [-0.2, 0) is 6.42 Å². The van der Waals surface area contributed by atoms with E-state index in [0.29, 0.717) is 5.56 Å². The van der Waals surface area contributed by atoms with Crippen molar-refractivity contribution in [3.8, 4) is 0 Å². The SMILES string of the molecule is CCCc1ccc(C=O)c(S)c1. The summed E-state index contributed by atoms with van der Waals surface area (Å²) in [6, 6.07) is 5.75. The number of hydrogen-bond donors (Lipinski definition) is 1. The van der Waals surface area contributed by atoms with E-state index in [4.69, 9.17) is 0 Å². The third-order valence-corrected chi connectivity index (χ3v) is 2.15. The molecule has 1 aromatic carbocycles. The minimum Gasteiger partial charge on any atom is -0.298 e. The van der Waals surface area contributed by atoms with Gasteiger partial charge in [0.05, 0.1) is 0 Å². The molecule has 0 aliphatic heterocycles. The van der Waals surface area contributed by atoms with E-state index in [9.17, 15) is 4.79 Å². The molecule has 0 atom stereocenters. The average molecular weight is 180 g/mol. The zero-order chi connectivity index (χ0) is 8.97. The van der Waals surface area contributed by atoms with Crippen LogP contribution in [0.15, 0.2) is 23.1 Å². The second kappa shape index (κ2) is 4.31. The Morgan fingerprint density at radius 1 is 1.50 bits per heavy atom. The number of carbonyl (C=O) groups is 1. The van der Waals surface area contributed by atoms with E-state index < -0.39 is 0 Å². The number of hydrogen-bond acceptors (Lipinski definition) is 2. The number of aldehydes is 1. The zero-order valence-electron chi connectivity index (χ0n) is 7.08. The highest BCUT2D eigenvalue weighted by Gasteiger charge is 1.98. The third kappa shape index (κ3) is 2.11. The van der Waals surface area contributed by atoms with Gasteiger partial charge in [0.1, 0.15) is 0 Å². The van der Waals surface area contributed by atoms with Gasteiger partial charge in [-0.25, -0.2) is 0 Å². The van der Waals surface area contributed by atoms with Gasteiger partial charge in [0.25, 0.3) is 0 Å². The molecular weight excluding hydrogens is 168 g/mol. The van der Waals surface area contributed by atoms with E-state index in [-0.39, 0.29) is 0 Å². The molecule has 0 N–H and O–H groups in total. The maximum atomic E-state index is 10.4. The molecule has 0 aliphatic rings. The number of aryl methyl sites for hydroxylation is 1. The van der Waals surface area contributed by atoms with E-state index in [1.165, 1.54) is 5.56 Å². The maximum Gasteiger partial charge on any atom is 0.151 e. The molecule has 0 aromatic heterocycles. The van der Waals surface area contributed by atoms with E-state index in [0.717, 1.165) is 24.0 Å². The summed E-state index contributed by atoms with van der Waals surface area (Å²) in [6.07, 6.45) is 3.00. The van der Waals surface area contributed by atoms with Gasteiger partial charge >= 0.3 is 0 Å². The van der Waals surface area contributed by atoms with Crippen LogP contribution in [0.2, 0.25) is 0 Å². The Balaban J connectivity index is 2.93. The smallest absolute Gasteiger partial charge is 0.151 e. The molecule has 0 radical (unpaired) electrons. The van der Waals surface area contributed by atoms with Crippen LogP contribution in [0.3, 0.4) is 0 Å². The Kier molecular flexibility index (Phi) is 3.35. The van der Waals surface area contributed by atoms with Crippen LogP contribution < -0.4 is 0 Å². The summed E-state index contributed by atoms with van der Waals surface area (Å²) in [5.74, 6) is 0. The first-order valence-corrected chi connectivity index (χ1v) is 4.49. The number of rotatable bonds is 3. The molecule has 1 nitrogen and oxygen atoms in total. The summed E-state index contributed by atoms with van der Waals surface area (Å²) in [7, 11) is 0. The van der Waals surface area contributed by atoms with Crippen LogP contribution >= 0.6 is 12.6 Å².